The van der Waals surface area contributed by atoms with Crippen LogP contribution in [0.25, 0.3) is 5.65 Å². The Bertz CT molecular complexity index is 768. The molecule has 0 unspecified atom stereocenters. The first-order chi connectivity index (χ1) is 10.3. The average Bonchev–Trinajstić information content (AvgIpc) is 3.16. The summed E-state index contributed by atoms with van der Waals surface area (Å²) in [7, 11) is 0. The Balaban J connectivity index is 1.70. The molecule has 3 heterocycles. The van der Waals surface area contributed by atoms with E-state index >= 15 is 0 Å². The van der Waals surface area contributed by atoms with Crippen molar-refractivity contribution < 1.29 is 4.39 Å². The SMILES string of the molecule is Fc1ccc([C@H]2CCCN2c2ccc3nnnn3n2)cc1. The minimum absolute atomic E-state index is 0.212. The van der Waals surface area contributed by atoms with E-state index in [4.69, 9.17) is 0 Å². The number of nitrogens with zero attached hydrogens (tertiary/aromatic N) is 6. The number of fused-ring (bicyclic) bond motifs is 1. The smallest absolute Gasteiger partial charge is 0.200 e. The number of halogens is 1. The molecule has 7 heteroatoms. The number of benzene rings is 1. The van der Waals surface area contributed by atoms with Crippen molar-refractivity contribution in [3.8, 4) is 0 Å². The average molecular weight is 284 g/mol. The summed E-state index contributed by atoms with van der Waals surface area (Å²) in [4.78, 5) is 2.22. The van der Waals surface area contributed by atoms with E-state index < -0.39 is 0 Å². The summed E-state index contributed by atoms with van der Waals surface area (Å²) >= 11 is 0. The van der Waals surface area contributed by atoms with Gasteiger partial charge in [0.2, 0.25) is 0 Å². The summed E-state index contributed by atoms with van der Waals surface area (Å²) in [6.07, 6.45) is 2.11. The van der Waals surface area contributed by atoms with Gasteiger partial charge in [-0.1, -0.05) is 12.1 Å². The molecule has 1 atom stereocenters. The van der Waals surface area contributed by atoms with Gasteiger partial charge in [0.1, 0.15) is 5.82 Å². The molecule has 1 saturated heterocycles. The zero-order valence-corrected chi connectivity index (χ0v) is 11.2. The van der Waals surface area contributed by atoms with Gasteiger partial charge >= 0.3 is 0 Å². The van der Waals surface area contributed by atoms with Crippen LogP contribution in [0.15, 0.2) is 36.4 Å². The lowest BCUT2D eigenvalue weighted by Crippen LogP contribution is -2.24. The second-order valence-corrected chi connectivity index (χ2v) is 5.12. The predicted octanol–water partition coefficient (Wildman–Crippen LogP) is 2.00. The highest BCUT2D eigenvalue weighted by molar-refractivity contribution is 5.47. The lowest BCUT2D eigenvalue weighted by atomic mass is 10.0. The second-order valence-electron chi connectivity index (χ2n) is 5.12. The molecule has 0 radical (unpaired) electrons. The van der Waals surface area contributed by atoms with Crippen LogP contribution in [0.4, 0.5) is 10.2 Å². The number of hydrogen-bond donors (Lipinski definition) is 0. The highest BCUT2D eigenvalue weighted by Crippen LogP contribution is 2.34. The van der Waals surface area contributed by atoms with Crippen LogP contribution in [0.2, 0.25) is 0 Å². The molecule has 2 aromatic heterocycles. The molecule has 1 fully saturated rings. The zero-order chi connectivity index (χ0) is 14.2. The summed E-state index contributed by atoms with van der Waals surface area (Å²) in [6, 6.07) is 10.7. The van der Waals surface area contributed by atoms with E-state index in [2.05, 4.69) is 25.5 Å². The van der Waals surface area contributed by atoms with Gasteiger partial charge in [-0.25, -0.2) is 4.39 Å². The first kappa shape index (κ1) is 12.2. The topological polar surface area (TPSA) is 59.2 Å². The summed E-state index contributed by atoms with van der Waals surface area (Å²) in [6.45, 7) is 0.919. The highest BCUT2D eigenvalue weighted by atomic mass is 19.1. The van der Waals surface area contributed by atoms with Gasteiger partial charge in [-0.05, 0) is 53.1 Å². The Labute approximate surface area is 120 Å². The van der Waals surface area contributed by atoms with Crippen LogP contribution in [0, 0.1) is 5.82 Å². The zero-order valence-electron chi connectivity index (χ0n) is 11.2. The van der Waals surface area contributed by atoms with Gasteiger partial charge in [0.05, 0.1) is 6.04 Å². The molecule has 1 aliphatic rings. The van der Waals surface area contributed by atoms with Crippen molar-refractivity contribution in [3.63, 3.8) is 0 Å². The fraction of sp³-hybridized carbons (Fsp3) is 0.286. The maximum atomic E-state index is 13.1. The molecule has 21 heavy (non-hydrogen) atoms. The predicted molar refractivity (Wildman–Crippen MR) is 74.3 cm³/mol. The van der Waals surface area contributed by atoms with Crippen LogP contribution in [-0.4, -0.2) is 31.8 Å². The molecule has 0 spiro atoms. The molecule has 0 N–H and O–H groups in total. The van der Waals surface area contributed by atoms with E-state index in [1.165, 1.54) is 16.8 Å². The van der Waals surface area contributed by atoms with E-state index in [9.17, 15) is 4.39 Å². The van der Waals surface area contributed by atoms with Crippen LogP contribution >= 0.6 is 0 Å². The van der Waals surface area contributed by atoms with Gasteiger partial charge in [-0.15, -0.1) is 14.8 Å². The largest absolute Gasteiger partial charge is 0.348 e. The molecule has 0 amide bonds. The number of hydrogen-bond acceptors (Lipinski definition) is 5. The monoisotopic (exact) mass is 284 g/mol. The van der Waals surface area contributed by atoms with E-state index in [0.29, 0.717) is 5.65 Å². The van der Waals surface area contributed by atoms with Crippen LogP contribution in [0.3, 0.4) is 0 Å². The Kier molecular flexibility index (Phi) is 2.77. The number of anilines is 1. The Morgan fingerprint density at radius 3 is 2.81 bits per heavy atom. The van der Waals surface area contributed by atoms with Crippen molar-refractivity contribution in [1.82, 2.24) is 25.3 Å². The molecule has 0 aliphatic carbocycles. The van der Waals surface area contributed by atoms with Gasteiger partial charge in [-0.2, -0.15) is 0 Å². The van der Waals surface area contributed by atoms with Crippen molar-refractivity contribution in [2.45, 2.75) is 18.9 Å². The Hall–Kier alpha value is -2.57. The number of rotatable bonds is 2. The summed E-state index contributed by atoms with van der Waals surface area (Å²) in [5.74, 6) is 0.623. The first-order valence-electron chi connectivity index (χ1n) is 6.89. The van der Waals surface area contributed by atoms with Crippen molar-refractivity contribution in [2.24, 2.45) is 0 Å². The van der Waals surface area contributed by atoms with Crippen LogP contribution in [-0.2, 0) is 0 Å². The maximum Gasteiger partial charge on any atom is 0.200 e. The van der Waals surface area contributed by atoms with Crippen molar-refractivity contribution in [3.05, 3.63) is 47.8 Å². The molecule has 0 saturated carbocycles. The fourth-order valence-corrected chi connectivity index (χ4v) is 2.87. The molecule has 1 aromatic carbocycles. The Morgan fingerprint density at radius 2 is 1.95 bits per heavy atom. The molecule has 1 aliphatic heterocycles. The third-order valence-electron chi connectivity index (χ3n) is 3.86. The summed E-state index contributed by atoms with van der Waals surface area (Å²) in [5, 5.41) is 15.7. The lowest BCUT2D eigenvalue weighted by Gasteiger charge is -2.25. The Morgan fingerprint density at radius 1 is 1.10 bits per heavy atom. The van der Waals surface area contributed by atoms with Crippen LogP contribution in [0.1, 0.15) is 24.4 Å². The molecule has 4 rings (SSSR count). The lowest BCUT2D eigenvalue weighted by molar-refractivity contribution is 0.623. The van der Waals surface area contributed by atoms with Crippen molar-refractivity contribution >= 4 is 11.5 Å². The first-order valence-corrected chi connectivity index (χ1v) is 6.89. The second kappa shape index (κ2) is 4.76. The highest BCUT2D eigenvalue weighted by Gasteiger charge is 2.27. The molecular formula is C14H13FN6. The molecule has 106 valence electrons. The molecule has 0 bridgehead atoms. The fourth-order valence-electron chi connectivity index (χ4n) is 2.87. The van der Waals surface area contributed by atoms with Crippen LogP contribution < -0.4 is 4.90 Å². The van der Waals surface area contributed by atoms with E-state index in [1.807, 2.05) is 24.3 Å². The maximum absolute atomic E-state index is 13.1. The molecular weight excluding hydrogens is 271 g/mol. The number of tetrazole rings is 1. The van der Waals surface area contributed by atoms with Crippen molar-refractivity contribution in [2.75, 3.05) is 11.4 Å². The number of aromatic nitrogens is 5. The third kappa shape index (κ3) is 2.10. The normalized spacial score (nSPS) is 18.5. The van der Waals surface area contributed by atoms with Crippen LogP contribution in [0.5, 0.6) is 0 Å². The third-order valence-corrected chi connectivity index (χ3v) is 3.86. The van der Waals surface area contributed by atoms with Gasteiger partial charge in [0, 0.05) is 6.54 Å². The minimum atomic E-state index is -0.212. The van der Waals surface area contributed by atoms with E-state index in [-0.39, 0.29) is 11.9 Å². The van der Waals surface area contributed by atoms with Crippen molar-refractivity contribution in [1.29, 1.82) is 0 Å². The summed E-state index contributed by atoms with van der Waals surface area (Å²) < 4.78 is 14.5. The minimum Gasteiger partial charge on any atom is -0.348 e. The summed E-state index contributed by atoms with van der Waals surface area (Å²) in [5.41, 5.74) is 1.73. The van der Waals surface area contributed by atoms with E-state index in [1.54, 1.807) is 0 Å². The van der Waals surface area contributed by atoms with Gasteiger partial charge in [0.25, 0.3) is 0 Å². The van der Waals surface area contributed by atoms with Gasteiger partial charge < -0.3 is 4.90 Å². The standard InChI is InChI=1S/C14H13FN6/c15-11-5-3-10(4-6-11)12-2-1-9-20(12)14-8-7-13-16-18-19-21(13)17-14/h3-8,12H,1-2,9H2/t12-/m1/s1. The van der Waals surface area contributed by atoms with Gasteiger partial charge in [0.15, 0.2) is 11.5 Å². The van der Waals surface area contributed by atoms with Gasteiger partial charge in [-0.3, -0.25) is 0 Å². The quantitative estimate of drug-likeness (QED) is 0.720. The molecule has 6 nitrogen and oxygen atoms in total. The molecule has 3 aromatic rings. The van der Waals surface area contributed by atoms with E-state index in [0.717, 1.165) is 30.8 Å².